The van der Waals surface area contributed by atoms with Crippen LogP contribution in [0, 0.1) is 0 Å². The predicted molar refractivity (Wildman–Crippen MR) is 143 cm³/mol. The van der Waals surface area contributed by atoms with E-state index in [0.29, 0.717) is 56.7 Å². The third kappa shape index (κ3) is 5.47. The van der Waals surface area contributed by atoms with Crippen LogP contribution in [-0.4, -0.2) is 56.4 Å². The number of likely N-dealkylation sites (tertiary alicyclic amines) is 1. The second kappa shape index (κ2) is 10.9. The van der Waals surface area contributed by atoms with Gasteiger partial charge in [0.2, 0.25) is 0 Å². The highest BCUT2D eigenvalue weighted by Crippen LogP contribution is 2.32. The molecule has 0 bridgehead atoms. The number of halogens is 2. The Hall–Kier alpha value is -3.43. The highest BCUT2D eigenvalue weighted by atomic mass is 35.5. The molecule has 5 rings (SSSR count). The number of nitrogens with zero attached hydrogens (tertiary/aromatic N) is 4. The molecule has 1 saturated heterocycles. The largest absolute Gasteiger partial charge is 0.466 e. The number of nitrogens with one attached hydrogen (secondary N) is 2. The van der Waals surface area contributed by atoms with Crippen molar-refractivity contribution in [2.24, 2.45) is 0 Å². The van der Waals surface area contributed by atoms with Crippen LogP contribution in [-0.2, 0) is 9.53 Å². The molecule has 0 radical (unpaired) electrons. The lowest BCUT2D eigenvalue weighted by Crippen LogP contribution is -2.27. The molecule has 1 aliphatic heterocycles. The minimum Gasteiger partial charge on any atom is -0.466 e. The summed E-state index contributed by atoms with van der Waals surface area (Å²) in [4.78, 5) is 43.8. The maximum atomic E-state index is 13.0. The van der Waals surface area contributed by atoms with E-state index in [1.54, 1.807) is 31.2 Å². The minimum atomic E-state index is -0.404. The molecule has 0 saturated carbocycles. The second-order valence-electron chi connectivity index (χ2n) is 8.89. The number of imidazole rings is 1. The molecule has 1 fully saturated rings. The molecular weight excluding hydrogens is 515 g/mol. The Morgan fingerprint density at radius 1 is 1.14 bits per heavy atom. The Morgan fingerprint density at radius 3 is 2.73 bits per heavy atom. The van der Waals surface area contributed by atoms with Crippen LogP contribution in [0.3, 0.4) is 0 Å². The maximum absolute atomic E-state index is 13.0. The molecule has 1 atom stereocenters. The number of esters is 1. The summed E-state index contributed by atoms with van der Waals surface area (Å²) in [5.74, 6) is 0.750. The molecular formula is C26H26Cl2N6O3. The number of carbonyl (C=O) groups excluding carboxylic acids is 2. The van der Waals surface area contributed by atoms with Crippen molar-refractivity contribution in [3.8, 4) is 0 Å². The fraction of sp³-hybridized carbons (Fsp3) is 0.346. The van der Waals surface area contributed by atoms with Crippen molar-refractivity contribution in [1.82, 2.24) is 24.8 Å². The molecule has 1 aliphatic rings. The molecule has 4 aromatic rings. The monoisotopic (exact) mass is 540 g/mol. The van der Waals surface area contributed by atoms with Crippen LogP contribution in [0.2, 0.25) is 10.0 Å². The van der Waals surface area contributed by atoms with Crippen molar-refractivity contribution in [3.63, 3.8) is 0 Å². The average Bonchev–Trinajstić information content (AvgIpc) is 3.56. The molecule has 0 spiro atoms. The molecule has 9 nitrogen and oxygen atoms in total. The summed E-state index contributed by atoms with van der Waals surface area (Å²) in [5.41, 5.74) is 2.55. The Bertz CT molecular complexity index is 1470. The average molecular weight is 541 g/mol. The van der Waals surface area contributed by atoms with Crippen LogP contribution in [0.1, 0.15) is 54.8 Å². The van der Waals surface area contributed by atoms with E-state index in [4.69, 9.17) is 32.9 Å². The first-order valence-electron chi connectivity index (χ1n) is 12.2. The Kier molecular flexibility index (Phi) is 7.43. The Morgan fingerprint density at radius 2 is 1.95 bits per heavy atom. The molecule has 192 valence electrons. The van der Waals surface area contributed by atoms with Crippen molar-refractivity contribution >= 4 is 62.8 Å². The van der Waals surface area contributed by atoms with Gasteiger partial charge in [0, 0.05) is 29.9 Å². The van der Waals surface area contributed by atoms with Gasteiger partial charge in [-0.1, -0.05) is 23.2 Å². The van der Waals surface area contributed by atoms with Gasteiger partial charge in [0.15, 0.2) is 0 Å². The van der Waals surface area contributed by atoms with Crippen LogP contribution in [0.5, 0.6) is 0 Å². The fourth-order valence-electron chi connectivity index (χ4n) is 4.55. The van der Waals surface area contributed by atoms with Crippen LogP contribution >= 0.6 is 23.2 Å². The zero-order valence-electron chi connectivity index (χ0n) is 20.3. The Labute approximate surface area is 223 Å². The van der Waals surface area contributed by atoms with Gasteiger partial charge in [-0.05, 0) is 56.5 Å². The van der Waals surface area contributed by atoms with E-state index in [0.717, 1.165) is 31.4 Å². The highest BCUT2D eigenvalue weighted by molar-refractivity contribution is 6.35. The van der Waals surface area contributed by atoms with E-state index in [9.17, 15) is 9.59 Å². The van der Waals surface area contributed by atoms with Crippen molar-refractivity contribution in [1.29, 1.82) is 0 Å². The van der Waals surface area contributed by atoms with Crippen LogP contribution in [0.15, 0.2) is 36.7 Å². The van der Waals surface area contributed by atoms with Crippen molar-refractivity contribution in [3.05, 3.63) is 58.1 Å². The van der Waals surface area contributed by atoms with Gasteiger partial charge in [-0.2, -0.15) is 0 Å². The number of H-pyrrole nitrogens is 1. The van der Waals surface area contributed by atoms with Gasteiger partial charge in [0.05, 0.1) is 39.8 Å². The zero-order chi connectivity index (χ0) is 25.9. The number of fused-ring (bicyclic) bond motifs is 2. The number of aromatic nitrogens is 4. The van der Waals surface area contributed by atoms with Crippen molar-refractivity contribution in [2.75, 3.05) is 25.0 Å². The first-order valence-corrected chi connectivity index (χ1v) is 13.0. The van der Waals surface area contributed by atoms with Crippen LogP contribution in [0.25, 0.3) is 21.9 Å². The maximum Gasteiger partial charge on any atom is 0.305 e. The number of anilines is 1. The normalized spacial score (nSPS) is 14.3. The van der Waals surface area contributed by atoms with E-state index in [1.165, 1.54) is 6.33 Å². The minimum absolute atomic E-state index is 0.0919. The summed E-state index contributed by atoms with van der Waals surface area (Å²) in [6.07, 6.45) is 4.00. The van der Waals surface area contributed by atoms with Gasteiger partial charge in [0.1, 0.15) is 18.0 Å². The quantitative estimate of drug-likeness (QED) is 0.282. The summed E-state index contributed by atoms with van der Waals surface area (Å²) in [7, 11) is 0. The van der Waals surface area contributed by atoms with Gasteiger partial charge < -0.3 is 19.9 Å². The number of rotatable bonds is 8. The number of amides is 1. The van der Waals surface area contributed by atoms with Gasteiger partial charge >= 0.3 is 5.97 Å². The first kappa shape index (κ1) is 25.2. The summed E-state index contributed by atoms with van der Waals surface area (Å²) in [5, 5.41) is 4.98. The lowest BCUT2D eigenvalue weighted by Gasteiger charge is -2.19. The summed E-state index contributed by atoms with van der Waals surface area (Å²) < 4.78 is 5.12. The summed E-state index contributed by atoms with van der Waals surface area (Å²) in [6.45, 7) is 3.55. The molecule has 0 aliphatic carbocycles. The number of aromatic amines is 1. The third-order valence-corrected chi connectivity index (χ3v) is 6.94. The summed E-state index contributed by atoms with van der Waals surface area (Å²) in [6, 6.07) is 8.44. The molecule has 1 unspecified atom stereocenters. The SMILES string of the molecule is CCOC(=O)CCC(Nc1ncnc2cc(C(=O)N3CCCC3)c(Cl)cc12)c1nc2cc(Cl)ccc2[nH]1. The van der Waals surface area contributed by atoms with E-state index < -0.39 is 6.04 Å². The lowest BCUT2D eigenvalue weighted by molar-refractivity contribution is -0.143. The molecule has 1 amide bonds. The van der Waals surface area contributed by atoms with E-state index >= 15 is 0 Å². The van der Waals surface area contributed by atoms with E-state index in [1.807, 2.05) is 11.0 Å². The van der Waals surface area contributed by atoms with Crippen molar-refractivity contribution in [2.45, 2.75) is 38.6 Å². The van der Waals surface area contributed by atoms with Gasteiger partial charge in [-0.25, -0.2) is 15.0 Å². The molecule has 2 aromatic heterocycles. The number of benzene rings is 2. The molecule has 11 heteroatoms. The van der Waals surface area contributed by atoms with Gasteiger partial charge in [-0.15, -0.1) is 0 Å². The van der Waals surface area contributed by atoms with Crippen LogP contribution in [0.4, 0.5) is 5.82 Å². The number of ether oxygens (including phenoxy) is 1. The smallest absolute Gasteiger partial charge is 0.305 e. The van der Waals surface area contributed by atoms with E-state index in [2.05, 4.69) is 20.3 Å². The fourth-order valence-corrected chi connectivity index (χ4v) is 4.96. The summed E-state index contributed by atoms with van der Waals surface area (Å²) >= 11 is 12.7. The van der Waals surface area contributed by atoms with Gasteiger partial charge in [-0.3, -0.25) is 9.59 Å². The Balaban J connectivity index is 1.48. The van der Waals surface area contributed by atoms with Crippen molar-refractivity contribution < 1.29 is 14.3 Å². The molecule has 2 aromatic carbocycles. The topological polar surface area (TPSA) is 113 Å². The number of hydrogen-bond donors (Lipinski definition) is 2. The lowest BCUT2D eigenvalue weighted by atomic mass is 10.1. The molecule has 2 N–H and O–H groups in total. The first-order chi connectivity index (χ1) is 17.9. The highest BCUT2D eigenvalue weighted by Gasteiger charge is 2.24. The predicted octanol–water partition coefficient (Wildman–Crippen LogP) is 5.55. The van der Waals surface area contributed by atoms with Crippen LogP contribution < -0.4 is 5.32 Å². The third-order valence-electron chi connectivity index (χ3n) is 6.39. The second-order valence-corrected chi connectivity index (χ2v) is 9.74. The molecule has 3 heterocycles. The van der Waals surface area contributed by atoms with Gasteiger partial charge in [0.25, 0.3) is 5.91 Å². The number of carbonyl (C=O) groups is 2. The number of hydrogen-bond acceptors (Lipinski definition) is 7. The molecule has 37 heavy (non-hydrogen) atoms. The standard InChI is InChI=1S/C26H26Cl2N6O3/c1-2-37-23(35)8-7-20(25-31-19-6-5-15(27)11-22(19)33-25)32-24-17-12-18(28)16(13-21(17)29-14-30-24)26(36)34-9-3-4-10-34/h5-6,11-14,20H,2-4,7-10H2,1H3,(H,31,33)(H,29,30,32). The zero-order valence-corrected chi connectivity index (χ0v) is 21.8. The van der Waals surface area contributed by atoms with E-state index in [-0.39, 0.29) is 18.3 Å².